The molecular weight excluding hydrogens is 238 g/mol. The maximum atomic E-state index is 11.9. The highest BCUT2D eigenvalue weighted by atomic mass is 16.2. The molecule has 1 aliphatic carbocycles. The van der Waals surface area contributed by atoms with Gasteiger partial charge in [0.25, 0.3) is 0 Å². The number of nitrogens with one attached hydrogen (secondary N) is 2. The van der Waals surface area contributed by atoms with Gasteiger partial charge in [-0.2, -0.15) is 0 Å². The fourth-order valence-electron chi connectivity index (χ4n) is 2.91. The maximum absolute atomic E-state index is 11.9. The van der Waals surface area contributed by atoms with E-state index in [1.54, 1.807) is 0 Å². The molecule has 1 aliphatic heterocycles. The predicted octanol–water partition coefficient (Wildman–Crippen LogP) is 1.29. The second-order valence-electron chi connectivity index (χ2n) is 5.80. The van der Waals surface area contributed by atoms with Crippen molar-refractivity contribution in [3.8, 4) is 0 Å². The zero-order valence-corrected chi connectivity index (χ0v) is 12.1. The lowest BCUT2D eigenvalue weighted by Gasteiger charge is -2.31. The molecule has 0 bridgehead atoms. The Bertz CT molecular complexity index is 327. The van der Waals surface area contributed by atoms with Crippen LogP contribution >= 0.6 is 0 Å². The number of piperazine rings is 1. The molecule has 2 N–H and O–H groups in total. The Hall–Kier alpha value is -0.870. The number of nitrogens with zero attached hydrogens (tertiary/aromatic N) is 1. The molecule has 2 rings (SSSR count). The number of hydrogen-bond acceptors (Lipinski definition) is 3. The Labute approximate surface area is 116 Å². The van der Waals surface area contributed by atoms with Crippen molar-refractivity contribution >= 4 is 5.91 Å². The van der Waals surface area contributed by atoms with Crippen LogP contribution in [0.2, 0.25) is 0 Å². The van der Waals surface area contributed by atoms with Crippen LogP contribution in [0.4, 0.5) is 0 Å². The summed E-state index contributed by atoms with van der Waals surface area (Å²) in [7, 11) is 0. The Morgan fingerprint density at radius 2 is 2.42 bits per heavy atom. The number of hydrogen-bond donors (Lipinski definition) is 2. The quantitative estimate of drug-likeness (QED) is 0.736. The number of carbonyl (C=O) groups excluding carboxylic acids is 1. The first-order chi connectivity index (χ1) is 9.24. The zero-order chi connectivity index (χ0) is 13.5. The van der Waals surface area contributed by atoms with Gasteiger partial charge in [-0.25, -0.2) is 0 Å². The van der Waals surface area contributed by atoms with Gasteiger partial charge in [-0.15, -0.1) is 0 Å². The molecule has 2 aliphatic rings. The average Bonchev–Trinajstić information content (AvgIpc) is 2.40. The highest BCUT2D eigenvalue weighted by Crippen LogP contribution is 2.19. The predicted molar refractivity (Wildman–Crippen MR) is 78.1 cm³/mol. The summed E-state index contributed by atoms with van der Waals surface area (Å²) in [5.74, 6) is 0.172. The van der Waals surface area contributed by atoms with Gasteiger partial charge >= 0.3 is 0 Å². The first-order valence-electron chi connectivity index (χ1n) is 7.64. The molecule has 1 amide bonds. The summed E-state index contributed by atoms with van der Waals surface area (Å²) in [5.41, 5.74) is 1.53. The van der Waals surface area contributed by atoms with Crippen molar-refractivity contribution in [3.63, 3.8) is 0 Å². The standard InChI is InChI=1S/C15H27N3O/c1-13-11-18(10-9-16-13)12-15(19)17-8-7-14-5-3-2-4-6-14/h5,13,16H,2-4,6-12H2,1H3,(H,17,19). The summed E-state index contributed by atoms with van der Waals surface area (Å²) >= 11 is 0. The van der Waals surface area contributed by atoms with Crippen molar-refractivity contribution in [1.82, 2.24) is 15.5 Å². The second kappa shape index (κ2) is 7.65. The van der Waals surface area contributed by atoms with Crippen LogP contribution in [0.25, 0.3) is 0 Å². The van der Waals surface area contributed by atoms with E-state index in [0.29, 0.717) is 12.6 Å². The SMILES string of the molecule is CC1CN(CC(=O)NCCC2=CCCCC2)CCN1. The zero-order valence-electron chi connectivity index (χ0n) is 12.1. The van der Waals surface area contributed by atoms with Crippen LogP contribution in [0.1, 0.15) is 39.0 Å². The van der Waals surface area contributed by atoms with E-state index in [9.17, 15) is 4.79 Å². The van der Waals surface area contributed by atoms with Crippen molar-refractivity contribution in [1.29, 1.82) is 0 Å². The molecule has 0 aromatic rings. The van der Waals surface area contributed by atoms with Gasteiger partial charge in [-0.3, -0.25) is 9.69 Å². The number of carbonyl (C=O) groups is 1. The molecule has 1 heterocycles. The van der Waals surface area contributed by atoms with Gasteiger partial charge in [0.15, 0.2) is 0 Å². The molecule has 0 spiro atoms. The third kappa shape index (κ3) is 5.33. The summed E-state index contributed by atoms with van der Waals surface area (Å²) in [5, 5.41) is 6.44. The van der Waals surface area contributed by atoms with Crippen LogP contribution in [0.15, 0.2) is 11.6 Å². The number of rotatable bonds is 5. The van der Waals surface area contributed by atoms with Crippen LogP contribution in [0, 0.1) is 0 Å². The smallest absolute Gasteiger partial charge is 0.234 e. The van der Waals surface area contributed by atoms with Gasteiger partial charge in [-0.05, 0) is 39.0 Å². The summed E-state index contributed by atoms with van der Waals surface area (Å²) in [6.45, 7) is 6.44. The van der Waals surface area contributed by atoms with Crippen molar-refractivity contribution in [2.45, 2.75) is 45.1 Å². The van der Waals surface area contributed by atoms with Gasteiger partial charge in [-0.1, -0.05) is 11.6 Å². The third-order valence-corrected chi connectivity index (χ3v) is 3.97. The lowest BCUT2D eigenvalue weighted by molar-refractivity contribution is -0.122. The minimum atomic E-state index is 0.172. The van der Waals surface area contributed by atoms with E-state index in [1.807, 2.05) is 0 Å². The third-order valence-electron chi connectivity index (χ3n) is 3.97. The van der Waals surface area contributed by atoms with E-state index in [1.165, 1.54) is 31.3 Å². The molecular formula is C15H27N3O. The van der Waals surface area contributed by atoms with Gasteiger partial charge in [0.05, 0.1) is 6.54 Å². The van der Waals surface area contributed by atoms with Gasteiger partial charge in [0.2, 0.25) is 5.91 Å². The largest absolute Gasteiger partial charge is 0.355 e. The molecule has 1 atom stereocenters. The van der Waals surface area contributed by atoms with Crippen LogP contribution < -0.4 is 10.6 Å². The van der Waals surface area contributed by atoms with Gasteiger partial charge < -0.3 is 10.6 Å². The molecule has 19 heavy (non-hydrogen) atoms. The highest BCUT2D eigenvalue weighted by molar-refractivity contribution is 5.78. The molecule has 1 fully saturated rings. The monoisotopic (exact) mass is 265 g/mol. The summed E-state index contributed by atoms with van der Waals surface area (Å²) < 4.78 is 0. The Morgan fingerprint density at radius 3 is 3.16 bits per heavy atom. The van der Waals surface area contributed by atoms with Crippen LogP contribution in [0.3, 0.4) is 0 Å². The first kappa shape index (κ1) is 14.5. The normalized spacial score (nSPS) is 24.9. The Morgan fingerprint density at radius 1 is 1.53 bits per heavy atom. The van der Waals surface area contributed by atoms with E-state index in [2.05, 4.69) is 28.5 Å². The molecule has 0 radical (unpaired) electrons. The van der Waals surface area contributed by atoms with E-state index >= 15 is 0 Å². The van der Waals surface area contributed by atoms with Crippen LogP contribution in [-0.4, -0.2) is 49.6 Å². The maximum Gasteiger partial charge on any atom is 0.234 e. The van der Waals surface area contributed by atoms with Gasteiger partial charge in [0, 0.05) is 32.2 Å². The number of allylic oxidation sites excluding steroid dienone is 1. The van der Waals surface area contributed by atoms with E-state index in [-0.39, 0.29) is 5.91 Å². The average molecular weight is 265 g/mol. The molecule has 1 saturated heterocycles. The van der Waals surface area contributed by atoms with E-state index in [0.717, 1.165) is 32.6 Å². The Balaban J connectivity index is 1.60. The van der Waals surface area contributed by atoms with Crippen molar-refractivity contribution in [3.05, 3.63) is 11.6 Å². The summed E-state index contributed by atoms with van der Waals surface area (Å²) in [4.78, 5) is 14.1. The lowest BCUT2D eigenvalue weighted by Crippen LogP contribution is -2.51. The van der Waals surface area contributed by atoms with Crippen LogP contribution in [0.5, 0.6) is 0 Å². The van der Waals surface area contributed by atoms with E-state index in [4.69, 9.17) is 0 Å². The molecule has 108 valence electrons. The summed E-state index contributed by atoms with van der Waals surface area (Å²) in [6.07, 6.45) is 8.49. The fourth-order valence-corrected chi connectivity index (χ4v) is 2.91. The van der Waals surface area contributed by atoms with Crippen molar-refractivity contribution in [2.75, 3.05) is 32.7 Å². The fraction of sp³-hybridized carbons (Fsp3) is 0.800. The molecule has 4 nitrogen and oxygen atoms in total. The first-order valence-corrected chi connectivity index (χ1v) is 7.64. The molecule has 4 heteroatoms. The van der Waals surface area contributed by atoms with Gasteiger partial charge in [0.1, 0.15) is 0 Å². The van der Waals surface area contributed by atoms with E-state index < -0.39 is 0 Å². The van der Waals surface area contributed by atoms with Crippen molar-refractivity contribution in [2.24, 2.45) is 0 Å². The highest BCUT2D eigenvalue weighted by Gasteiger charge is 2.17. The lowest BCUT2D eigenvalue weighted by atomic mass is 9.97. The minimum Gasteiger partial charge on any atom is -0.355 e. The van der Waals surface area contributed by atoms with Crippen LogP contribution in [-0.2, 0) is 4.79 Å². The molecule has 0 saturated carbocycles. The second-order valence-corrected chi connectivity index (χ2v) is 5.80. The molecule has 0 aromatic heterocycles. The molecule has 1 unspecified atom stereocenters. The Kier molecular flexibility index (Phi) is 5.86. The topological polar surface area (TPSA) is 44.4 Å². The van der Waals surface area contributed by atoms with Crippen molar-refractivity contribution < 1.29 is 4.79 Å². The number of amides is 1. The minimum absolute atomic E-state index is 0.172. The molecule has 0 aromatic carbocycles. The summed E-state index contributed by atoms with van der Waals surface area (Å²) in [6, 6.07) is 0.494.